The van der Waals surface area contributed by atoms with Gasteiger partial charge in [0.15, 0.2) is 0 Å². The van der Waals surface area contributed by atoms with E-state index in [1.165, 1.54) is 12.3 Å². The van der Waals surface area contributed by atoms with Crippen molar-refractivity contribution in [1.29, 1.82) is 0 Å². The van der Waals surface area contributed by atoms with E-state index in [9.17, 15) is 14.7 Å². The molecular formula is C32H26Br2N6O5. The van der Waals surface area contributed by atoms with Crippen LogP contribution in [0, 0.1) is 0 Å². The second-order valence-electron chi connectivity index (χ2n) is 9.14. The normalized spacial score (nSPS) is 10.3. The van der Waals surface area contributed by atoms with Crippen LogP contribution in [0.3, 0.4) is 0 Å². The number of carbonyl (C=O) groups excluding carboxylic acids is 2. The van der Waals surface area contributed by atoms with Gasteiger partial charge in [-0.2, -0.15) is 0 Å². The van der Waals surface area contributed by atoms with Crippen LogP contribution < -0.4 is 16.2 Å². The average molecular weight is 734 g/mol. The van der Waals surface area contributed by atoms with Crippen LogP contribution in [-0.4, -0.2) is 42.0 Å². The summed E-state index contributed by atoms with van der Waals surface area (Å²) in [4.78, 5) is 38.4. The van der Waals surface area contributed by atoms with Crippen LogP contribution in [0.1, 0.15) is 32.1 Å². The van der Waals surface area contributed by atoms with Gasteiger partial charge in [0, 0.05) is 44.5 Å². The third kappa shape index (κ3) is 8.79. The number of amides is 2. The number of benzene rings is 2. The van der Waals surface area contributed by atoms with E-state index in [2.05, 4.69) is 51.8 Å². The number of aliphatic hydroxyl groups excluding tert-OH is 1. The summed E-state index contributed by atoms with van der Waals surface area (Å²) in [5.74, 6) is -0.166. The van der Waals surface area contributed by atoms with Crippen molar-refractivity contribution >= 4 is 65.5 Å². The van der Waals surface area contributed by atoms with Gasteiger partial charge in [-0.25, -0.2) is 0 Å². The summed E-state index contributed by atoms with van der Waals surface area (Å²) in [5.41, 5.74) is 13.4. The highest BCUT2D eigenvalue weighted by Crippen LogP contribution is 2.30. The third-order valence-corrected chi connectivity index (χ3v) is 7.05. The number of carbonyl (C=O) groups is 2. The maximum absolute atomic E-state index is 11.4. The Labute approximate surface area is 274 Å². The van der Waals surface area contributed by atoms with Gasteiger partial charge >= 0.3 is 0 Å². The number of phenols is 1. The van der Waals surface area contributed by atoms with Gasteiger partial charge in [0.1, 0.15) is 18.1 Å². The van der Waals surface area contributed by atoms with Gasteiger partial charge < -0.3 is 26.4 Å². The Morgan fingerprint density at radius 3 is 1.76 bits per heavy atom. The first kappa shape index (κ1) is 32.9. The number of hydrogen-bond donors (Lipinski definition) is 4. The Bertz CT molecular complexity index is 1970. The maximum Gasteiger partial charge on any atom is 0.250 e. The molecule has 6 N–H and O–H groups in total. The topological polar surface area (TPSA) is 187 Å². The number of aromatic hydroxyl groups is 1. The Morgan fingerprint density at radius 2 is 1.18 bits per heavy atom. The largest absolute Gasteiger partial charge is 0.507 e. The Kier molecular flexibility index (Phi) is 11.5. The van der Waals surface area contributed by atoms with Crippen molar-refractivity contribution in [2.75, 3.05) is 0 Å². The molecule has 0 bridgehead atoms. The van der Waals surface area contributed by atoms with E-state index in [0.29, 0.717) is 22.7 Å². The van der Waals surface area contributed by atoms with Crippen molar-refractivity contribution in [1.82, 2.24) is 19.9 Å². The molecule has 0 saturated carbocycles. The van der Waals surface area contributed by atoms with Gasteiger partial charge in [0.05, 0.1) is 40.2 Å². The minimum absolute atomic E-state index is 0.152. The van der Waals surface area contributed by atoms with Crippen LogP contribution in [0.25, 0.3) is 21.8 Å². The van der Waals surface area contributed by atoms with Gasteiger partial charge in [-0.15, -0.1) is 0 Å². The quantitative estimate of drug-likeness (QED) is 0.173. The summed E-state index contributed by atoms with van der Waals surface area (Å²) >= 11 is 6.72. The summed E-state index contributed by atoms with van der Waals surface area (Å²) in [5, 5.41) is 19.8. The van der Waals surface area contributed by atoms with E-state index in [0.717, 1.165) is 30.8 Å². The predicted octanol–water partition coefficient (Wildman–Crippen LogP) is 5.45. The molecule has 6 aromatic rings. The summed E-state index contributed by atoms with van der Waals surface area (Å²) in [6.07, 6.45) is 6.53. The van der Waals surface area contributed by atoms with Crippen molar-refractivity contribution in [3.05, 3.63) is 129 Å². The number of aliphatic hydroxyl groups is 1. The number of primary amides is 2. The van der Waals surface area contributed by atoms with E-state index in [4.69, 9.17) is 21.3 Å². The van der Waals surface area contributed by atoms with Crippen molar-refractivity contribution in [2.45, 2.75) is 13.2 Å². The third-order valence-electron chi connectivity index (χ3n) is 6.14. The number of halogens is 2. The Balaban J connectivity index is 0.000000169. The first-order valence-electron chi connectivity index (χ1n) is 13.2. The second-order valence-corrected chi connectivity index (χ2v) is 11.0. The Hall–Kier alpha value is -4.98. The molecule has 2 amide bonds. The zero-order valence-electron chi connectivity index (χ0n) is 23.5. The highest BCUT2D eigenvalue weighted by molar-refractivity contribution is 9.10. The monoisotopic (exact) mass is 732 g/mol. The fourth-order valence-electron chi connectivity index (χ4n) is 4.08. The number of nitrogens with two attached hydrogens (primary N) is 2. The molecule has 0 unspecified atom stereocenters. The molecule has 0 fully saturated rings. The second kappa shape index (κ2) is 15.7. The maximum atomic E-state index is 11.4. The van der Waals surface area contributed by atoms with E-state index in [-0.39, 0.29) is 24.5 Å². The molecule has 0 aliphatic carbocycles. The molecule has 6 rings (SSSR count). The number of hydrogen-bond acceptors (Lipinski definition) is 9. The molecule has 0 aliphatic rings. The molecule has 0 atom stereocenters. The van der Waals surface area contributed by atoms with Gasteiger partial charge in [0.2, 0.25) is 0 Å². The molecule has 0 saturated heterocycles. The van der Waals surface area contributed by atoms with E-state index >= 15 is 0 Å². The lowest BCUT2D eigenvalue weighted by atomic mass is 10.2. The number of rotatable bonds is 6. The molecule has 4 heterocycles. The standard InChI is InChI=1S/C16H12BrN3O2.C9H6BrNO.C7H8N2O2/c17-10-7-13-11(3-1-5-19-13)15(8-10)22-9-14-12(16(18)21)4-2-6-20-14;10-6-4-8-7(9(12)5-6)2-1-3-11-8;8-7(11)5-2-1-3-9-6(5)4-10/h1-8H,9H2,(H2,18,21);1-5,12H;1-3,10H,4H2,(H2,8,11). The van der Waals surface area contributed by atoms with Crippen LogP contribution in [0.5, 0.6) is 11.5 Å². The Morgan fingerprint density at radius 1 is 0.689 bits per heavy atom. The molecule has 45 heavy (non-hydrogen) atoms. The van der Waals surface area contributed by atoms with Crippen LogP contribution in [0.4, 0.5) is 0 Å². The lowest BCUT2D eigenvalue weighted by Gasteiger charge is -2.11. The molecule has 4 aromatic heterocycles. The van der Waals surface area contributed by atoms with Crippen molar-refractivity contribution in [3.8, 4) is 11.5 Å². The van der Waals surface area contributed by atoms with Gasteiger partial charge in [-0.05, 0) is 72.8 Å². The zero-order chi connectivity index (χ0) is 32.3. The molecule has 0 spiro atoms. The summed E-state index contributed by atoms with van der Waals surface area (Å²) in [6, 6.07) is 21.1. The van der Waals surface area contributed by atoms with E-state index < -0.39 is 11.8 Å². The minimum Gasteiger partial charge on any atom is -0.507 e. The molecular weight excluding hydrogens is 708 g/mol. The molecule has 13 heteroatoms. The predicted molar refractivity (Wildman–Crippen MR) is 176 cm³/mol. The van der Waals surface area contributed by atoms with Crippen LogP contribution >= 0.6 is 31.9 Å². The SMILES string of the molecule is NC(=O)c1cccnc1CO.NC(=O)c1cccnc1COc1cc(Br)cc2ncccc12.Oc1cc(Br)cc2ncccc12. The fraction of sp³-hybridized carbons (Fsp3) is 0.0625. The lowest BCUT2D eigenvalue weighted by Crippen LogP contribution is -2.15. The van der Waals surface area contributed by atoms with Crippen molar-refractivity contribution in [3.63, 3.8) is 0 Å². The van der Waals surface area contributed by atoms with Crippen molar-refractivity contribution in [2.24, 2.45) is 11.5 Å². The molecule has 2 aromatic carbocycles. The van der Waals surface area contributed by atoms with Crippen molar-refractivity contribution < 1.29 is 24.5 Å². The van der Waals surface area contributed by atoms with Gasteiger partial charge in [-0.1, -0.05) is 31.9 Å². The highest BCUT2D eigenvalue weighted by atomic mass is 79.9. The number of aromatic nitrogens is 4. The van der Waals surface area contributed by atoms with E-state index in [1.807, 2.05) is 36.4 Å². The van der Waals surface area contributed by atoms with Gasteiger partial charge in [0.25, 0.3) is 11.8 Å². The summed E-state index contributed by atoms with van der Waals surface area (Å²) in [7, 11) is 0. The summed E-state index contributed by atoms with van der Waals surface area (Å²) < 4.78 is 7.54. The first-order valence-corrected chi connectivity index (χ1v) is 14.7. The van der Waals surface area contributed by atoms with Crippen LogP contribution in [-0.2, 0) is 13.2 Å². The van der Waals surface area contributed by atoms with Gasteiger partial charge in [-0.3, -0.25) is 29.5 Å². The minimum atomic E-state index is -0.567. The molecule has 11 nitrogen and oxygen atoms in total. The summed E-state index contributed by atoms with van der Waals surface area (Å²) in [6.45, 7) is -0.112. The van der Waals surface area contributed by atoms with E-state index in [1.54, 1.807) is 48.9 Å². The molecule has 0 aliphatic heterocycles. The number of ether oxygens (including phenoxy) is 1. The molecule has 228 valence electrons. The number of nitrogens with zero attached hydrogens (tertiary/aromatic N) is 4. The smallest absolute Gasteiger partial charge is 0.250 e. The lowest BCUT2D eigenvalue weighted by molar-refractivity contribution is 0.0988. The molecule has 0 radical (unpaired) electrons. The van der Waals surface area contributed by atoms with Crippen LogP contribution in [0.2, 0.25) is 0 Å². The number of pyridine rings is 4. The van der Waals surface area contributed by atoms with Crippen LogP contribution in [0.15, 0.2) is 107 Å². The number of fused-ring (bicyclic) bond motifs is 2. The number of phenolic OH excluding ortho intramolecular Hbond substituents is 1. The zero-order valence-corrected chi connectivity index (χ0v) is 26.6. The highest BCUT2D eigenvalue weighted by Gasteiger charge is 2.11. The fourth-order valence-corrected chi connectivity index (χ4v) is 4.94. The average Bonchev–Trinajstić information content (AvgIpc) is 3.04. The first-order chi connectivity index (χ1) is 21.7.